The molecule has 160 valence electrons. The maximum Gasteiger partial charge on any atom is 0.322 e. The summed E-state index contributed by atoms with van der Waals surface area (Å²) in [5, 5.41) is 3.30. The standard InChI is InChI=1S/C20H24N4O5S/c1-20(2)10-12-14(11-29-20)30-17(15(12)16(21)25)22-19(27)24-7-5-23(6-8-24)18(26)13-4-3-9-28-13/h3-4,9H,5-8,10-11H2,1-2H3,(H2,21,25)(H,22,27). The van der Waals surface area contributed by atoms with E-state index in [4.69, 9.17) is 14.9 Å². The normalized spacial score (nSPS) is 18.1. The topological polar surface area (TPSA) is 118 Å². The second-order valence-electron chi connectivity index (χ2n) is 7.98. The van der Waals surface area contributed by atoms with Gasteiger partial charge in [0, 0.05) is 37.5 Å². The Morgan fingerprint density at radius 1 is 1.17 bits per heavy atom. The number of carbonyl (C=O) groups is 3. The molecule has 3 N–H and O–H groups in total. The van der Waals surface area contributed by atoms with Crippen molar-refractivity contribution >= 4 is 34.2 Å². The number of urea groups is 1. The highest BCUT2D eigenvalue weighted by Crippen LogP contribution is 2.40. The third-order valence-electron chi connectivity index (χ3n) is 5.34. The molecule has 2 aliphatic heterocycles. The molecule has 2 aromatic heterocycles. The molecule has 0 aromatic carbocycles. The lowest BCUT2D eigenvalue weighted by molar-refractivity contribution is -0.0383. The lowest BCUT2D eigenvalue weighted by atomic mass is 9.93. The van der Waals surface area contributed by atoms with Gasteiger partial charge in [0.25, 0.3) is 11.8 Å². The molecule has 9 nitrogen and oxygen atoms in total. The minimum Gasteiger partial charge on any atom is -0.459 e. The van der Waals surface area contributed by atoms with Gasteiger partial charge in [0.05, 0.1) is 24.0 Å². The lowest BCUT2D eigenvalue weighted by Crippen LogP contribution is -2.51. The number of fused-ring (bicyclic) bond motifs is 1. The molecule has 0 aliphatic carbocycles. The molecule has 0 spiro atoms. The van der Waals surface area contributed by atoms with Crippen LogP contribution in [0.3, 0.4) is 0 Å². The molecule has 1 saturated heterocycles. The number of ether oxygens (including phenoxy) is 1. The average molecular weight is 433 g/mol. The summed E-state index contributed by atoms with van der Waals surface area (Å²) in [6.07, 6.45) is 2.01. The van der Waals surface area contributed by atoms with Crippen LogP contribution < -0.4 is 11.1 Å². The number of amides is 4. The molecular formula is C20H24N4O5S. The van der Waals surface area contributed by atoms with Crippen molar-refractivity contribution in [2.24, 2.45) is 5.73 Å². The first-order valence-electron chi connectivity index (χ1n) is 9.72. The zero-order valence-electron chi connectivity index (χ0n) is 16.9. The van der Waals surface area contributed by atoms with Crippen LogP contribution in [0.1, 0.15) is 45.2 Å². The van der Waals surface area contributed by atoms with E-state index in [2.05, 4.69) is 5.32 Å². The molecule has 30 heavy (non-hydrogen) atoms. The summed E-state index contributed by atoms with van der Waals surface area (Å²) in [4.78, 5) is 41.5. The fourth-order valence-electron chi connectivity index (χ4n) is 3.75. The van der Waals surface area contributed by atoms with Crippen molar-refractivity contribution in [2.75, 3.05) is 31.5 Å². The van der Waals surface area contributed by atoms with Crippen LogP contribution in [0.15, 0.2) is 22.8 Å². The van der Waals surface area contributed by atoms with Crippen LogP contribution in [0.5, 0.6) is 0 Å². The smallest absolute Gasteiger partial charge is 0.322 e. The van der Waals surface area contributed by atoms with E-state index in [0.717, 1.165) is 10.4 Å². The van der Waals surface area contributed by atoms with Crippen molar-refractivity contribution < 1.29 is 23.5 Å². The van der Waals surface area contributed by atoms with Crippen LogP contribution in [0.25, 0.3) is 0 Å². The van der Waals surface area contributed by atoms with Crippen LogP contribution >= 0.6 is 11.3 Å². The van der Waals surface area contributed by atoms with Gasteiger partial charge in [0.1, 0.15) is 5.00 Å². The number of nitrogens with two attached hydrogens (primary N) is 1. The number of hydrogen-bond donors (Lipinski definition) is 2. The summed E-state index contributed by atoms with van der Waals surface area (Å²) >= 11 is 1.33. The molecule has 10 heteroatoms. The maximum absolute atomic E-state index is 12.8. The number of nitrogens with one attached hydrogen (secondary N) is 1. The van der Waals surface area contributed by atoms with Gasteiger partial charge < -0.3 is 24.7 Å². The minimum absolute atomic E-state index is 0.190. The van der Waals surface area contributed by atoms with E-state index in [0.29, 0.717) is 49.8 Å². The number of furan rings is 1. The Labute approximate surface area is 177 Å². The first-order valence-corrected chi connectivity index (χ1v) is 10.5. The largest absolute Gasteiger partial charge is 0.459 e. The average Bonchev–Trinajstić information content (AvgIpc) is 3.34. The molecule has 4 rings (SSSR count). The number of nitrogens with zero attached hydrogens (tertiary/aromatic N) is 2. The SMILES string of the molecule is CC1(C)Cc2c(sc(NC(=O)N3CCN(C(=O)c4ccco4)CC3)c2C(N)=O)CO1. The molecule has 4 heterocycles. The second kappa shape index (κ2) is 7.77. The Kier molecular flexibility index (Phi) is 5.29. The third-order valence-corrected chi connectivity index (χ3v) is 6.46. The zero-order chi connectivity index (χ0) is 21.5. The number of hydrogen-bond acceptors (Lipinski definition) is 6. The molecule has 0 bridgehead atoms. The van der Waals surface area contributed by atoms with E-state index in [1.54, 1.807) is 21.9 Å². The summed E-state index contributed by atoms with van der Waals surface area (Å²) in [5.41, 5.74) is 6.46. The van der Waals surface area contributed by atoms with Gasteiger partial charge in [-0.25, -0.2) is 4.79 Å². The predicted molar refractivity (Wildman–Crippen MR) is 111 cm³/mol. The van der Waals surface area contributed by atoms with Gasteiger partial charge in [-0.1, -0.05) is 0 Å². The Morgan fingerprint density at radius 3 is 2.50 bits per heavy atom. The monoisotopic (exact) mass is 432 g/mol. The highest BCUT2D eigenvalue weighted by atomic mass is 32.1. The molecule has 1 fully saturated rings. The number of primary amides is 1. The van der Waals surface area contributed by atoms with Crippen LogP contribution in [0, 0.1) is 0 Å². The van der Waals surface area contributed by atoms with Gasteiger partial charge in [-0.2, -0.15) is 0 Å². The van der Waals surface area contributed by atoms with Crippen molar-refractivity contribution in [1.29, 1.82) is 0 Å². The van der Waals surface area contributed by atoms with Crippen LogP contribution in [-0.4, -0.2) is 59.4 Å². The van der Waals surface area contributed by atoms with Gasteiger partial charge in [-0.3, -0.25) is 14.9 Å². The van der Waals surface area contributed by atoms with Gasteiger partial charge in [0.2, 0.25) is 0 Å². The quantitative estimate of drug-likeness (QED) is 0.771. The number of rotatable bonds is 3. The van der Waals surface area contributed by atoms with E-state index in [1.807, 2.05) is 13.8 Å². The lowest BCUT2D eigenvalue weighted by Gasteiger charge is -2.34. The summed E-state index contributed by atoms with van der Waals surface area (Å²) in [6.45, 7) is 5.87. The summed E-state index contributed by atoms with van der Waals surface area (Å²) < 4.78 is 11.0. The van der Waals surface area contributed by atoms with Gasteiger partial charge >= 0.3 is 6.03 Å². The molecule has 4 amide bonds. The molecule has 2 aromatic rings. The molecule has 0 saturated carbocycles. The number of anilines is 1. The maximum atomic E-state index is 12.8. The van der Waals surface area contributed by atoms with Crippen molar-refractivity contribution in [3.8, 4) is 0 Å². The molecule has 0 unspecified atom stereocenters. The van der Waals surface area contributed by atoms with E-state index in [-0.39, 0.29) is 17.7 Å². The summed E-state index contributed by atoms with van der Waals surface area (Å²) in [6, 6.07) is 2.97. The number of thiophene rings is 1. The van der Waals surface area contributed by atoms with E-state index in [1.165, 1.54) is 17.6 Å². The molecule has 2 aliphatic rings. The van der Waals surface area contributed by atoms with Crippen LogP contribution in [-0.2, 0) is 17.8 Å². The molecular weight excluding hydrogens is 408 g/mol. The molecule has 0 radical (unpaired) electrons. The second-order valence-corrected chi connectivity index (χ2v) is 9.09. The van der Waals surface area contributed by atoms with Crippen LogP contribution in [0.2, 0.25) is 0 Å². The third kappa shape index (κ3) is 3.92. The predicted octanol–water partition coefficient (Wildman–Crippen LogP) is 2.28. The molecule has 0 atom stereocenters. The van der Waals surface area contributed by atoms with Gasteiger partial charge in [-0.15, -0.1) is 11.3 Å². The van der Waals surface area contributed by atoms with Crippen molar-refractivity contribution in [2.45, 2.75) is 32.5 Å². The first kappa shape index (κ1) is 20.4. The highest BCUT2D eigenvalue weighted by Gasteiger charge is 2.34. The minimum atomic E-state index is -0.561. The number of piperazine rings is 1. The Bertz CT molecular complexity index is 974. The zero-order valence-corrected chi connectivity index (χ0v) is 17.7. The Hall–Kier alpha value is -2.85. The van der Waals surface area contributed by atoms with E-state index >= 15 is 0 Å². The fraction of sp³-hybridized carbons (Fsp3) is 0.450. The van der Waals surface area contributed by atoms with Crippen molar-refractivity contribution in [3.63, 3.8) is 0 Å². The van der Waals surface area contributed by atoms with Crippen molar-refractivity contribution in [1.82, 2.24) is 9.80 Å². The van der Waals surface area contributed by atoms with Gasteiger partial charge in [-0.05, 0) is 31.5 Å². The Morgan fingerprint density at radius 2 is 1.87 bits per heavy atom. The van der Waals surface area contributed by atoms with E-state index < -0.39 is 11.5 Å². The van der Waals surface area contributed by atoms with E-state index in [9.17, 15) is 14.4 Å². The number of carbonyl (C=O) groups excluding carboxylic acids is 3. The Balaban J connectivity index is 1.43. The summed E-state index contributed by atoms with van der Waals surface area (Å²) in [7, 11) is 0. The van der Waals surface area contributed by atoms with Crippen molar-refractivity contribution in [3.05, 3.63) is 40.2 Å². The summed E-state index contributed by atoms with van der Waals surface area (Å²) in [5.74, 6) is -0.465. The van der Waals surface area contributed by atoms with Crippen LogP contribution in [0.4, 0.5) is 9.80 Å². The highest BCUT2D eigenvalue weighted by molar-refractivity contribution is 7.17. The fourth-order valence-corrected chi connectivity index (χ4v) is 4.87. The van der Waals surface area contributed by atoms with Gasteiger partial charge in [0.15, 0.2) is 5.76 Å². The first-order chi connectivity index (χ1) is 14.2.